The number of likely N-dealkylation sites (tertiary alicyclic amines) is 1. The summed E-state index contributed by atoms with van der Waals surface area (Å²) in [5.41, 5.74) is 3.22. The second kappa shape index (κ2) is 8.19. The van der Waals surface area contributed by atoms with Gasteiger partial charge in [0.1, 0.15) is 5.25 Å². The highest BCUT2D eigenvalue weighted by Gasteiger charge is 2.30. The van der Waals surface area contributed by atoms with Crippen molar-refractivity contribution in [1.29, 1.82) is 0 Å². The van der Waals surface area contributed by atoms with Crippen molar-refractivity contribution in [2.24, 2.45) is 7.05 Å². The van der Waals surface area contributed by atoms with Gasteiger partial charge in [0.2, 0.25) is 5.91 Å². The van der Waals surface area contributed by atoms with Gasteiger partial charge < -0.3 is 9.47 Å². The standard InChI is InChI=1S/C22H24N4OS/c1-16-9-8-12-18(15-16)20-23-24-22(25(20)2)28-19(17-10-4-3-5-11-17)21(27)26-13-6-7-14-26/h3-5,8-12,15,19H,6-7,13-14H2,1-2H3. The molecule has 0 N–H and O–H groups in total. The number of carbonyl (C=O) groups is 1. The number of hydrogen-bond acceptors (Lipinski definition) is 4. The molecular weight excluding hydrogens is 368 g/mol. The Morgan fingerprint density at radius 2 is 1.79 bits per heavy atom. The highest BCUT2D eigenvalue weighted by atomic mass is 32.2. The molecule has 0 aliphatic carbocycles. The van der Waals surface area contributed by atoms with Gasteiger partial charge in [0.05, 0.1) is 0 Å². The SMILES string of the molecule is Cc1cccc(-c2nnc(SC(C(=O)N3CCCC3)c3ccccc3)n2C)c1. The molecule has 28 heavy (non-hydrogen) atoms. The summed E-state index contributed by atoms with van der Waals surface area (Å²) < 4.78 is 1.98. The van der Waals surface area contributed by atoms with Crippen molar-refractivity contribution in [2.45, 2.75) is 30.2 Å². The lowest BCUT2D eigenvalue weighted by atomic mass is 10.1. The van der Waals surface area contributed by atoms with Gasteiger partial charge in [-0.1, -0.05) is 65.9 Å². The lowest BCUT2D eigenvalue weighted by molar-refractivity contribution is -0.129. The minimum Gasteiger partial charge on any atom is -0.341 e. The van der Waals surface area contributed by atoms with E-state index in [-0.39, 0.29) is 11.2 Å². The number of thioether (sulfide) groups is 1. The Balaban J connectivity index is 1.65. The van der Waals surface area contributed by atoms with Gasteiger partial charge in [-0.15, -0.1) is 10.2 Å². The first-order valence-corrected chi connectivity index (χ1v) is 10.5. The molecule has 2 heterocycles. The highest BCUT2D eigenvalue weighted by Crippen LogP contribution is 2.37. The Kier molecular flexibility index (Phi) is 5.48. The van der Waals surface area contributed by atoms with Crippen molar-refractivity contribution in [3.63, 3.8) is 0 Å². The maximum absolute atomic E-state index is 13.2. The second-order valence-corrected chi connectivity index (χ2v) is 8.25. The quantitative estimate of drug-likeness (QED) is 0.609. The third-order valence-corrected chi connectivity index (χ3v) is 6.35. The van der Waals surface area contributed by atoms with E-state index in [0.29, 0.717) is 0 Å². The smallest absolute Gasteiger partial charge is 0.240 e. The second-order valence-electron chi connectivity index (χ2n) is 7.18. The fourth-order valence-electron chi connectivity index (χ4n) is 3.55. The molecule has 1 amide bonds. The highest BCUT2D eigenvalue weighted by molar-refractivity contribution is 8.00. The van der Waals surface area contributed by atoms with Crippen molar-refractivity contribution < 1.29 is 4.79 Å². The molecule has 144 valence electrons. The lowest BCUT2D eigenvalue weighted by Gasteiger charge is -2.22. The molecule has 3 aromatic rings. The number of amides is 1. The molecule has 0 spiro atoms. The van der Waals surface area contributed by atoms with Gasteiger partial charge in [-0.05, 0) is 31.4 Å². The van der Waals surface area contributed by atoms with Crippen molar-refractivity contribution in [3.05, 3.63) is 65.7 Å². The Hall–Kier alpha value is -2.60. The maximum atomic E-state index is 13.2. The summed E-state index contributed by atoms with van der Waals surface area (Å²) in [6, 6.07) is 18.2. The van der Waals surface area contributed by atoms with Crippen LogP contribution in [0.15, 0.2) is 59.8 Å². The average Bonchev–Trinajstić information content (AvgIpc) is 3.37. The van der Waals surface area contributed by atoms with Crippen LogP contribution < -0.4 is 0 Å². The van der Waals surface area contributed by atoms with E-state index in [9.17, 15) is 4.79 Å². The lowest BCUT2D eigenvalue weighted by Crippen LogP contribution is -2.31. The zero-order valence-corrected chi connectivity index (χ0v) is 17.0. The van der Waals surface area contributed by atoms with Gasteiger partial charge in [-0.3, -0.25) is 4.79 Å². The van der Waals surface area contributed by atoms with Gasteiger partial charge in [-0.25, -0.2) is 0 Å². The number of hydrogen-bond donors (Lipinski definition) is 0. The van der Waals surface area contributed by atoms with Gasteiger partial charge in [0, 0.05) is 25.7 Å². The maximum Gasteiger partial charge on any atom is 0.240 e. The number of aromatic nitrogens is 3. The molecule has 1 fully saturated rings. The molecule has 1 saturated heterocycles. The first kappa shape index (κ1) is 18.7. The molecule has 1 aliphatic rings. The van der Waals surface area contributed by atoms with Crippen LogP contribution in [0.2, 0.25) is 0 Å². The fraction of sp³-hybridized carbons (Fsp3) is 0.318. The Labute approximate surface area is 169 Å². The van der Waals surface area contributed by atoms with Crippen LogP contribution in [-0.4, -0.2) is 38.7 Å². The largest absolute Gasteiger partial charge is 0.341 e. The zero-order valence-electron chi connectivity index (χ0n) is 16.2. The van der Waals surface area contributed by atoms with Crippen LogP contribution in [-0.2, 0) is 11.8 Å². The molecule has 1 aliphatic heterocycles. The number of rotatable bonds is 5. The van der Waals surface area contributed by atoms with Crippen LogP contribution in [0.5, 0.6) is 0 Å². The van der Waals surface area contributed by atoms with Crippen LogP contribution >= 0.6 is 11.8 Å². The number of benzene rings is 2. The van der Waals surface area contributed by atoms with Gasteiger partial charge >= 0.3 is 0 Å². The molecule has 2 aromatic carbocycles. The third kappa shape index (κ3) is 3.83. The molecule has 5 nitrogen and oxygen atoms in total. The predicted octanol–water partition coefficient (Wildman–Crippen LogP) is 4.25. The van der Waals surface area contributed by atoms with Crippen LogP contribution in [0.1, 0.15) is 29.2 Å². The fourth-order valence-corrected chi connectivity index (χ4v) is 4.64. The summed E-state index contributed by atoms with van der Waals surface area (Å²) in [6.45, 7) is 3.75. The predicted molar refractivity (Wildman–Crippen MR) is 112 cm³/mol. The topological polar surface area (TPSA) is 51.0 Å². The monoisotopic (exact) mass is 392 g/mol. The van der Waals surface area contributed by atoms with Crippen LogP contribution in [0.3, 0.4) is 0 Å². The Morgan fingerprint density at radius 3 is 2.50 bits per heavy atom. The first-order chi connectivity index (χ1) is 13.6. The molecule has 1 aromatic heterocycles. The van der Waals surface area contributed by atoms with Gasteiger partial charge in [0.25, 0.3) is 0 Å². The van der Waals surface area contributed by atoms with Crippen molar-refractivity contribution in [3.8, 4) is 11.4 Å². The van der Waals surface area contributed by atoms with E-state index < -0.39 is 0 Å². The van der Waals surface area contributed by atoms with E-state index in [0.717, 1.165) is 48.0 Å². The number of aryl methyl sites for hydroxylation is 1. The van der Waals surface area contributed by atoms with E-state index in [1.807, 2.05) is 59.0 Å². The molecule has 0 saturated carbocycles. The van der Waals surface area contributed by atoms with E-state index in [1.165, 1.54) is 17.3 Å². The molecule has 1 unspecified atom stereocenters. The van der Waals surface area contributed by atoms with E-state index in [1.54, 1.807) is 0 Å². The molecule has 0 bridgehead atoms. The average molecular weight is 393 g/mol. The number of nitrogens with zero attached hydrogens (tertiary/aromatic N) is 4. The zero-order chi connectivity index (χ0) is 19.5. The summed E-state index contributed by atoms with van der Waals surface area (Å²) in [7, 11) is 1.96. The van der Waals surface area contributed by atoms with Gasteiger partial charge in [-0.2, -0.15) is 0 Å². The van der Waals surface area contributed by atoms with Crippen LogP contribution in [0.25, 0.3) is 11.4 Å². The van der Waals surface area contributed by atoms with Crippen molar-refractivity contribution in [1.82, 2.24) is 19.7 Å². The molecule has 6 heteroatoms. The molecule has 1 atom stereocenters. The summed E-state index contributed by atoms with van der Waals surface area (Å²) >= 11 is 1.48. The van der Waals surface area contributed by atoms with E-state index in [2.05, 4.69) is 29.3 Å². The summed E-state index contributed by atoms with van der Waals surface area (Å²) in [4.78, 5) is 15.2. The van der Waals surface area contributed by atoms with Gasteiger partial charge in [0.15, 0.2) is 11.0 Å². The Bertz CT molecular complexity index is 964. The molecule has 0 radical (unpaired) electrons. The van der Waals surface area contributed by atoms with E-state index in [4.69, 9.17) is 0 Å². The third-order valence-electron chi connectivity index (χ3n) is 5.08. The Morgan fingerprint density at radius 1 is 1.04 bits per heavy atom. The summed E-state index contributed by atoms with van der Waals surface area (Å²) in [5.74, 6) is 0.973. The first-order valence-electron chi connectivity index (χ1n) is 9.60. The normalized spacial score (nSPS) is 15.0. The summed E-state index contributed by atoms with van der Waals surface area (Å²) in [5, 5.41) is 9.23. The van der Waals surface area contributed by atoms with E-state index >= 15 is 0 Å². The minimum absolute atomic E-state index is 0.161. The van der Waals surface area contributed by atoms with Crippen molar-refractivity contribution >= 4 is 17.7 Å². The summed E-state index contributed by atoms with van der Waals surface area (Å²) in [6.07, 6.45) is 2.17. The van der Waals surface area contributed by atoms with Crippen LogP contribution in [0.4, 0.5) is 0 Å². The van der Waals surface area contributed by atoms with Crippen molar-refractivity contribution in [2.75, 3.05) is 13.1 Å². The molecular formula is C22H24N4OS. The number of carbonyl (C=O) groups excluding carboxylic acids is 1. The van der Waals surface area contributed by atoms with Crippen LogP contribution in [0, 0.1) is 6.92 Å². The molecule has 4 rings (SSSR count). The minimum atomic E-state index is -0.312.